The van der Waals surface area contributed by atoms with Gasteiger partial charge in [0.2, 0.25) is 0 Å². The highest BCUT2D eigenvalue weighted by molar-refractivity contribution is 5.62. The van der Waals surface area contributed by atoms with Crippen LogP contribution in [0.15, 0.2) is 67.4 Å². The molecule has 0 atom stereocenters. The lowest BCUT2D eigenvalue weighted by Gasteiger charge is -2.05. The van der Waals surface area contributed by atoms with Gasteiger partial charge >= 0.3 is 6.01 Å². The van der Waals surface area contributed by atoms with Crippen molar-refractivity contribution in [2.45, 2.75) is 0 Å². The lowest BCUT2D eigenvalue weighted by atomic mass is 10.1. The molecule has 0 aliphatic heterocycles. The molecule has 0 spiro atoms. The zero-order valence-corrected chi connectivity index (χ0v) is 11.5. The summed E-state index contributed by atoms with van der Waals surface area (Å²) in [7, 11) is 0. The van der Waals surface area contributed by atoms with Gasteiger partial charge in [-0.1, -0.05) is 18.2 Å². The van der Waals surface area contributed by atoms with Gasteiger partial charge in [0.05, 0.1) is 0 Å². The highest BCUT2D eigenvalue weighted by Crippen LogP contribution is 2.21. The van der Waals surface area contributed by atoms with E-state index in [0.717, 1.165) is 16.8 Å². The summed E-state index contributed by atoms with van der Waals surface area (Å²) in [6.45, 7) is 0. The molecule has 4 rings (SSSR count). The predicted molar refractivity (Wildman–Crippen MR) is 80.5 cm³/mol. The molecule has 106 valence electrons. The first-order chi connectivity index (χ1) is 10.9. The Bertz CT molecular complexity index is 903. The maximum Gasteiger partial charge on any atom is 0.321 e. The Labute approximate surface area is 126 Å². The van der Waals surface area contributed by atoms with Crippen molar-refractivity contribution in [2.24, 2.45) is 0 Å². The van der Waals surface area contributed by atoms with Crippen molar-refractivity contribution in [3.63, 3.8) is 0 Å². The van der Waals surface area contributed by atoms with Crippen LogP contribution in [0, 0.1) is 0 Å². The van der Waals surface area contributed by atoms with E-state index in [-0.39, 0.29) is 0 Å². The Hall–Kier alpha value is -3.28. The molecule has 0 N–H and O–H groups in total. The molecular formula is C16H11N5O. The van der Waals surface area contributed by atoms with Crippen molar-refractivity contribution in [3.05, 3.63) is 67.4 Å². The summed E-state index contributed by atoms with van der Waals surface area (Å²) in [5.74, 6) is 0.708. The van der Waals surface area contributed by atoms with Gasteiger partial charge in [-0.2, -0.15) is 5.10 Å². The smallest absolute Gasteiger partial charge is 0.321 e. The van der Waals surface area contributed by atoms with Gasteiger partial charge in [-0.15, -0.1) is 0 Å². The van der Waals surface area contributed by atoms with E-state index in [1.165, 1.54) is 6.33 Å². The van der Waals surface area contributed by atoms with Gasteiger partial charge in [0.1, 0.15) is 12.1 Å². The summed E-state index contributed by atoms with van der Waals surface area (Å²) in [6.07, 6.45) is 6.86. The van der Waals surface area contributed by atoms with Crippen LogP contribution in [0.1, 0.15) is 0 Å². The molecular weight excluding hydrogens is 278 g/mol. The first-order valence-electron chi connectivity index (χ1n) is 6.73. The van der Waals surface area contributed by atoms with Crippen molar-refractivity contribution in [3.8, 4) is 22.9 Å². The average Bonchev–Trinajstić information content (AvgIpc) is 3.04. The zero-order valence-electron chi connectivity index (χ0n) is 11.5. The minimum absolute atomic E-state index is 0.316. The summed E-state index contributed by atoms with van der Waals surface area (Å²) in [5.41, 5.74) is 2.65. The summed E-state index contributed by atoms with van der Waals surface area (Å²) in [6, 6.07) is 13.6. The number of hydrogen-bond donors (Lipinski definition) is 0. The fourth-order valence-corrected chi connectivity index (χ4v) is 2.10. The van der Waals surface area contributed by atoms with Gasteiger partial charge in [-0.3, -0.25) is 0 Å². The number of ether oxygens (including phenoxy) is 1. The molecule has 0 aliphatic rings. The number of hydrogen-bond acceptors (Lipinski definition) is 5. The third-order valence-electron chi connectivity index (χ3n) is 3.19. The van der Waals surface area contributed by atoms with Crippen LogP contribution in [0.4, 0.5) is 0 Å². The van der Waals surface area contributed by atoms with Crippen LogP contribution < -0.4 is 4.74 Å². The van der Waals surface area contributed by atoms with Gasteiger partial charge in [-0.05, 0) is 24.3 Å². The summed E-state index contributed by atoms with van der Waals surface area (Å²) in [5, 5.41) is 4.12. The molecule has 6 heteroatoms. The van der Waals surface area contributed by atoms with E-state index in [1.807, 2.05) is 48.7 Å². The van der Waals surface area contributed by atoms with E-state index in [9.17, 15) is 0 Å². The first kappa shape index (κ1) is 12.5. The van der Waals surface area contributed by atoms with Gasteiger partial charge in [0.25, 0.3) is 0 Å². The Morgan fingerprint density at radius 2 is 1.64 bits per heavy atom. The molecule has 0 bridgehead atoms. The molecule has 4 aromatic rings. The largest absolute Gasteiger partial charge is 0.424 e. The topological polar surface area (TPSA) is 65.2 Å². The lowest BCUT2D eigenvalue weighted by molar-refractivity contribution is 0.442. The number of nitrogens with zero attached hydrogens (tertiary/aromatic N) is 5. The van der Waals surface area contributed by atoms with Crippen LogP contribution in [-0.4, -0.2) is 24.6 Å². The summed E-state index contributed by atoms with van der Waals surface area (Å²) < 4.78 is 7.29. The Kier molecular flexibility index (Phi) is 2.97. The molecule has 0 saturated heterocycles. The number of fused-ring (bicyclic) bond motifs is 1. The molecule has 1 aromatic carbocycles. The molecule has 0 unspecified atom stereocenters. The van der Waals surface area contributed by atoms with Crippen LogP contribution in [0.2, 0.25) is 0 Å². The van der Waals surface area contributed by atoms with Crippen LogP contribution in [-0.2, 0) is 0 Å². The third kappa shape index (κ3) is 2.37. The molecule has 6 nitrogen and oxygen atoms in total. The van der Waals surface area contributed by atoms with Crippen LogP contribution in [0.5, 0.6) is 11.8 Å². The zero-order chi connectivity index (χ0) is 14.8. The number of para-hydroxylation sites is 1. The highest BCUT2D eigenvalue weighted by Gasteiger charge is 2.04. The monoisotopic (exact) mass is 289 g/mol. The second-order valence-electron chi connectivity index (χ2n) is 4.65. The Balaban J connectivity index is 1.61. The van der Waals surface area contributed by atoms with E-state index < -0.39 is 0 Å². The Morgan fingerprint density at radius 3 is 2.45 bits per heavy atom. The average molecular weight is 289 g/mol. The van der Waals surface area contributed by atoms with Crippen molar-refractivity contribution in [1.29, 1.82) is 0 Å². The molecule has 0 aliphatic carbocycles. The fourth-order valence-electron chi connectivity index (χ4n) is 2.10. The van der Waals surface area contributed by atoms with E-state index in [1.54, 1.807) is 16.9 Å². The van der Waals surface area contributed by atoms with Gasteiger partial charge in [-0.25, -0.2) is 19.5 Å². The second-order valence-corrected chi connectivity index (χ2v) is 4.65. The maximum atomic E-state index is 5.58. The SMILES string of the molecule is c1ccc(Oc2ncc(-c3ccc4ncnn4c3)cn2)cc1. The normalized spacial score (nSPS) is 10.7. The van der Waals surface area contributed by atoms with Crippen molar-refractivity contribution in [1.82, 2.24) is 24.6 Å². The highest BCUT2D eigenvalue weighted by atomic mass is 16.5. The molecule has 22 heavy (non-hydrogen) atoms. The number of aromatic nitrogens is 5. The van der Waals surface area contributed by atoms with E-state index in [0.29, 0.717) is 11.8 Å². The molecule has 0 radical (unpaired) electrons. The predicted octanol–water partition coefficient (Wildman–Crippen LogP) is 2.98. The van der Waals surface area contributed by atoms with Crippen LogP contribution in [0.25, 0.3) is 16.8 Å². The molecule has 0 fully saturated rings. The maximum absolute atomic E-state index is 5.58. The van der Waals surface area contributed by atoms with Crippen molar-refractivity contribution >= 4 is 5.65 Å². The van der Waals surface area contributed by atoms with E-state index in [2.05, 4.69) is 20.1 Å². The summed E-state index contributed by atoms with van der Waals surface area (Å²) in [4.78, 5) is 12.6. The van der Waals surface area contributed by atoms with E-state index >= 15 is 0 Å². The number of pyridine rings is 1. The second kappa shape index (κ2) is 5.25. The van der Waals surface area contributed by atoms with Gasteiger partial charge in [0.15, 0.2) is 5.65 Å². The van der Waals surface area contributed by atoms with E-state index in [4.69, 9.17) is 4.74 Å². The standard InChI is InChI=1S/C16H11N5O/c1-2-4-14(5-3-1)22-16-17-8-13(9-18-16)12-6-7-15-19-11-20-21(15)10-12/h1-11H. The van der Waals surface area contributed by atoms with Crippen LogP contribution >= 0.6 is 0 Å². The molecule has 0 saturated carbocycles. The number of benzene rings is 1. The van der Waals surface area contributed by atoms with Crippen LogP contribution in [0.3, 0.4) is 0 Å². The minimum Gasteiger partial charge on any atom is -0.424 e. The minimum atomic E-state index is 0.316. The number of rotatable bonds is 3. The molecule has 3 aromatic heterocycles. The molecule has 0 amide bonds. The van der Waals surface area contributed by atoms with Gasteiger partial charge < -0.3 is 4.74 Å². The Morgan fingerprint density at radius 1 is 0.818 bits per heavy atom. The molecule has 3 heterocycles. The first-order valence-corrected chi connectivity index (χ1v) is 6.73. The quantitative estimate of drug-likeness (QED) is 0.580. The van der Waals surface area contributed by atoms with Crippen molar-refractivity contribution in [2.75, 3.05) is 0 Å². The van der Waals surface area contributed by atoms with Crippen molar-refractivity contribution < 1.29 is 4.74 Å². The fraction of sp³-hybridized carbons (Fsp3) is 0. The third-order valence-corrected chi connectivity index (χ3v) is 3.19. The van der Waals surface area contributed by atoms with Gasteiger partial charge in [0, 0.05) is 29.7 Å². The summed E-state index contributed by atoms with van der Waals surface area (Å²) >= 11 is 0. The lowest BCUT2D eigenvalue weighted by Crippen LogP contribution is -1.93.